The van der Waals surface area contributed by atoms with Crippen LogP contribution in [-0.4, -0.2) is 26.0 Å². The molecule has 0 aliphatic heterocycles. The van der Waals surface area contributed by atoms with E-state index in [1.807, 2.05) is 0 Å². The number of aromatic hydroxyl groups is 1. The minimum atomic E-state index is -1.29. The highest BCUT2D eigenvalue weighted by atomic mass is 79.9. The first-order valence-corrected chi connectivity index (χ1v) is 5.64. The number of hydrogen-bond donors (Lipinski definition) is 2. The minimum Gasteiger partial charge on any atom is -0.504 e. The molecule has 5 nitrogen and oxygen atoms in total. The molecule has 7 heteroatoms. The molecule has 1 aromatic carbocycles. The molecular weight excluding hydrogens is 311 g/mol. The molecule has 0 radical (unpaired) electrons. The molecule has 0 unspecified atom stereocenters. The highest BCUT2D eigenvalue weighted by Gasteiger charge is 2.17. The van der Waals surface area contributed by atoms with Gasteiger partial charge in [-0.25, -0.2) is 9.48 Å². The van der Waals surface area contributed by atoms with Gasteiger partial charge in [0.2, 0.25) is 5.69 Å². The van der Waals surface area contributed by atoms with E-state index in [4.69, 9.17) is 16.7 Å². The Hall–Kier alpha value is -1.53. The van der Waals surface area contributed by atoms with Crippen LogP contribution in [0.5, 0.6) is 5.75 Å². The van der Waals surface area contributed by atoms with Crippen molar-refractivity contribution in [3.8, 4) is 11.4 Å². The van der Waals surface area contributed by atoms with Crippen LogP contribution in [0.25, 0.3) is 5.69 Å². The molecule has 88 valence electrons. The van der Waals surface area contributed by atoms with Crippen molar-refractivity contribution in [2.45, 2.75) is 0 Å². The lowest BCUT2D eigenvalue weighted by atomic mass is 10.3. The number of benzene rings is 1. The van der Waals surface area contributed by atoms with Crippen LogP contribution < -0.4 is 0 Å². The lowest BCUT2D eigenvalue weighted by Gasteiger charge is -2.04. The highest BCUT2D eigenvalue weighted by molar-refractivity contribution is 9.10. The molecule has 0 saturated heterocycles. The fraction of sp³-hybridized carbons (Fsp3) is 0. The van der Waals surface area contributed by atoms with Gasteiger partial charge in [0, 0.05) is 0 Å². The fourth-order valence-corrected chi connectivity index (χ4v) is 1.93. The first kappa shape index (κ1) is 11.9. The largest absolute Gasteiger partial charge is 0.504 e. The summed E-state index contributed by atoms with van der Waals surface area (Å²) in [5.74, 6) is -1.69. The molecule has 0 fully saturated rings. The Balaban J connectivity index is 2.58. The van der Waals surface area contributed by atoms with Crippen molar-refractivity contribution < 1.29 is 15.0 Å². The third-order valence-electron chi connectivity index (χ3n) is 2.08. The van der Waals surface area contributed by atoms with Gasteiger partial charge in [-0.15, -0.1) is 0 Å². The molecule has 0 amide bonds. The van der Waals surface area contributed by atoms with Gasteiger partial charge in [0.15, 0.2) is 5.75 Å². The SMILES string of the molecule is O=C(O)c1nn(-c2cccc(Cl)c2Br)cc1O. The molecule has 2 aromatic rings. The summed E-state index contributed by atoms with van der Waals surface area (Å²) in [6, 6.07) is 5.06. The van der Waals surface area contributed by atoms with Crippen LogP contribution in [0, 0.1) is 0 Å². The van der Waals surface area contributed by atoms with Gasteiger partial charge in [0.1, 0.15) is 0 Å². The molecule has 0 spiro atoms. The number of aromatic nitrogens is 2. The van der Waals surface area contributed by atoms with Gasteiger partial charge in [-0.05, 0) is 28.1 Å². The van der Waals surface area contributed by atoms with E-state index in [1.54, 1.807) is 18.2 Å². The van der Waals surface area contributed by atoms with Crippen molar-refractivity contribution in [2.75, 3.05) is 0 Å². The van der Waals surface area contributed by atoms with Gasteiger partial charge in [-0.3, -0.25) is 0 Å². The predicted octanol–water partition coefficient (Wildman–Crippen LogP) is 2.69. The van der Waals surface area contributed by atoms with Gasteiger partial charge in [-0.2, -0.15) is 5.10 Å². The van der Waals surface area contributed by atoms with E-state index in [0.717, 1.165) is 0 Å². The zero-order chi connectivity index (χ0) is 12.6. The Morgan fingerprint density at radius 3 is 2.76 bits per heavy atom. The molecule has 0 atom stereocenters. The first-order chi connectivity index (χ1) is 8.00. The van der Waals surface area contributed by atoms with E-state index < -0.39 is 17.4 Å². The zero-order valence-corrected chi connectivity index (χ0v) is 10.6. The topological polar surface area (TPSA) is 75.3 Å². The summed E-state index contributed by atoms with van der Waals surface area (Å²) in [6.07, 6.45) is 1.21. The van der Waals surface area contributed by atoms with E-state index in [9.17, 15) is 9.90 Å². The van der Waals surface area contributed by atoms with Crippen LogP contribution in [0.1, 0.15) is 10.5 Å². The molecule has 0 bridgehead atoms. The van der Waals surface area contributed by atoms with E-state index in [-0.39, 0.29) is 0 Å². The summed E-state index contributed by atoms with van der Waals surface area (Å²) in [5.41, 5.74) is 0.136. The van der Waals surface area contributed by atoms with Gasteiger partial charge in [0.05, 0.1) is 21.4 Å². The Labute approximate surface area is 109 Å². The van der Waals surface area contributed by atoms with Crippen LogP contribution in [0.15, 0.2) is 28.9 Å². The van der Waals surface area contributed by atoms with Crippen molar-refractivity contribution in [1.29, 1.82) is 0 Å². The van der Waals surface area contributed by atoms with Crippen molar-refractivity contribution in [2.24, 2.45) is 0 Å². The Bertz CT molecular complexity index is 597. The normalized spacial score (nSPS) is 10.5. The molecular formula is C10H6BrClN2O3. The Kier molecular flexibility index (Phi) is 3.08. The van der Waals surface area contributed by atoms with Gasteiger partial charge < -0.3 is 10.2 Å². The Morgan fingerprint density at radius 1 is 1.47 bits per heavy atom. The summed E-state index contributed by atoms with van der Waals surface area (Å²) in [7, 11) is 0. The summed E-state index contributed by atoms with van der Waals surface area (Å²) < 4.78 is 1.82. The second-order valence-corrected chi connectivity index (χ2v) is 4.39. The minimum absolute atomic E-state index is 0.399. The number of hydrogen-bond acceptors (Lipinski definition) is 3. The van der Waals surface area contributed by atoms with Crippen LogP contribution in [-0.2, 0) is 0 Å². The molecule has 2 N–H and O–H groups in total. The lowest BCUT2D eigenvalue weighted by Crippen LogP contribution is -2.01. The molecule has 2 rings (SSSR count). The number of rotatable bonds is 2. The standard InChI is InChI=1S/C10H6BrClN2O3/c11-8-5(12)2-1-3-6(8)14-4-7(15)9(13-14)10(16)17/h1-4,15H,(H,16,17). The van der Waals surface area contributed by atoms with E-state index in [0.29, 0.717) is 15.2 Å². The van der Waals surface area contributed by atoms with Crippen LogP contribution >= 0.6 is 27.5 Å². The maximum Gasteiger partial charge on any atom is 0.360 e. The molecule has 1 aromatic heterocycles. The van der Waals surface area contributed by atoms with Crippen molar-refractivity contribution in [1.82, 2.24) is 9.78 Å². The molecule has 0 aliphatic rings. The second kappa shape index (κ2) is 4.38. The smallest absolute Gasteiger partial charge is 0.360 e. The van der Waals surface area contributed by atoms with Gasteiger partial charge in [-0.1, -0.05) is 17.7 Å². The maximum absolute atomic E-state index is 10.7. The molecule has 0 saturated carbocycles. The summed E-state index contributed by atoms with van der Waals surface area (Å²) in [5, 5.41) is 22.4. The summed E-state index contributed by atoms with van der Waals surface area (Å²) >= 11 is 9.17. The van der Waals surface area contributed by atoms with E-state index >= 15 is 0 Å². The number of aromatic carboxylic acids is 1. The summed E-state index contributed by atoms with van der Waals surface area (Å²) in [4.78, 5) is 10.7. The quantitative estimate of drug-likeness (QED) is 0.893. The van der Waals surface area contributed by atoms with Gasteiger partial charge in [0.25, 0.3) is 0 Å². The number of nitrogens with zero attached hydrogens (tertiary/aromatic N) is 2. The van der Waals surface area contributed by atoms with Crippen molar-refractivity contribution >= 4 is 33.5 Å². The van der Waals surface area contributed by atoms with E-state index in [1.165, 1.54) is 10.9 Å². The molecule has 17 heavy (non-hydrogen) atoms. The Morgan fingerprint density at radius 2 is 2.18 bits per heavy atom. The molecule has 1 heterocycles. The third kappa shape index (κ3) is 2.13. The first-order valence-electron chi connectivity index (χ1n) is 4.47. The fourth-order valence-electron chi connectivity index (χ4n) is 1.31. The van der Waals surface area contributed by atoms with E-state index in [2.05, 4.69) is 21.0 Å². The lowest BCUT2D eigenvalue weighted by molar-refractivity contribution is 0.0687. The average molecular weight is 318 g/mol. The van der Waals surface area contributed by atoms with Crippen molar-refractivity contribution in [3.05, 3.63) is 39.6 Å². The predicted molar refractivity (Wildman–Crippen MR) is 64.9 cm³/mol. The van der Waals surface area contributed by atoms with Crippen LogP contribution in [0.3, 0.4) is 0 Å². The summed E-state index contributed by atoms with van der Waals surface area (Å²) in [6.45, 7) is 0. The van der Waals surface area contributed by atoms with Crippen molar-refractivity contribution in [3.63, 3.8) is 0 Å². The highest BCUT2D eigenvalue weighted by Crippen LogP contribution is 2.29. The average Bonchev–Trinajstić information content (AvgIpc) is 2.64. The second-order valence-electron chi connectivity index (χ2n) is 3.19. The number of halogens is 2. The molecule has 0 aliphatic carbocycles. The van der Waals surface area contributed by atoms with Crippen LogP contribution in [0.2, 0.25) is 5.02 Å². The maximum atomic E-state index is 10.7. The number of carboxylic acids is 1. The monoisotopic (exact) mass is 316 g/mol. The third-order valence-corrected chi connectivity index (χ3v) is 3.45. The van der Waals surface area contributed by atoms with Crippen LogP contribution in [0.4, 0.5) is 0 Å². The number of carbonyl (C=O) groups is 1. The zero-order valence-electron chi connectivity index (χ0n) is 8.26. The van der Waals surface area contributed by atoms with Gasteiger partial charge >= 0.3 is 5.97 Å². The number of carboxylic acid groups (broad SMARTS) is 1.